The molecule has 6 nitrogen and oxygen atoms in total. The molecule has 40 heavy (non-hydrogen) atoms. The van der Waals surface area contributed by atoms with Gasteiger partial charge in [0.05, 0.1) is 22.8 Å². The highest BCUT2D eigenvalue weighted by atomic mass is 15.3. The molecule has 6 heteroatoms. The maximum absolute atomic E-state index is 8.43. The third-order valence-electron chi connectivity index (χ3n) is 6.71. The lowest BCUT2D eigenvalue weighted by molar-refractivity contribution is 1.24. The Bertz CT molecular complexity index is 1830. The molecule has 5 aromatic rings. The van der Waals surface area contributed by atoms with Crippen molar-refractivity contribution in [1.82, 2.24) is 0 Å². The number of nitrogens with one attached hydrogen (secondary N) is 2. The first-order valence-corrected chi connectivity index (χ1v) is 12.9. The second-order valence-electron chi connectivity index (χ2n) is 9.37. The molecule has 1 aliphatic rings. The van der Waals surface area contributed by atoms with Gasteiger partial charge in [-0.1, -0.05) is 97.1 Å². The largest absolute Gasteiger partial charge is 0.396 e. The lowest BCUT2D eigenvalue weighted by Crippen LogP contribution is -2.18. The fourth-order valence-electron chi connectivity index (χ4n) is 4.47. The van der Waals surface area contributed by atoms with Crippen LogP contribution in [0.4, 0.5) is 22.7 Å². The van der Waals surface area contributed by atoms with E-state index < -0.39 is 0 Å². The maximum Gasteiger partial charge on any atom is 0.109 e. The zero-order chi connectivity index (χ0) is 27.3. The van der Waals surface area contributed by atoms with E-state index in [2.05, 4.69) is 32.9 Å². The van der Waals surface area contributed by atoms with Gasteiger partial charge in [0.1, 0.15) is 11.4 Å². The smallest absolute Gasteiger partial charge is 0.109 e. The minimum Gasteiger partial charge on any atom is -0.396 e. The summed E-state index contributed by atoms with van der Waals surface area (Å²) in [6.45, 7) is 0. The predicted octanol–water partition coefficient (Wildman–Crippen LogP) is 8.87. The number of nitrogens with two attached hydrogens (primary N) is 1. The van der Waals surface area contributed by atoms with Crippen LogP contribution in [0.2, 0.25) is 0 Å². The van der Waals surface area contributed by atoms with Gasteiger partial charge in [0.15, 0.2) is 0 Å². The number of benzene rings is 5. The van der Waals surface area contributed by atoms with Crippen LogP contribution in [0.3, 0.4) is 0 Å². The van der Waals surface area contributed by atoms with Crippen molar-refractivity contribution >= 4 is 63.2 Å². The van der Waals surface area contributed by atoms with E-state index in [9.17, 15) is 0 Å². The van der Waals surface area contributed by atoms with Crippen LogP contribution in [0.25, 0.3) is 29.0 Å². The molecule has 0 saturated heterocycles. The van der Waals surface area contributed by atoms with E-state index in [0.29, 0.717) is 22.8 Å². The summed E-state index contributed by atoms with van der Waals surface area (Å²) in [6.07, 6.45) is 7.95. The molecule has 5 aromatic carbocycles. The number of azo groups is 1. The van der Waals surface area contributed by atoms with Gasteiger partial charge in [0, 0.05) is 10.9 Å². The number of nitrogens with zero attached hydrogens (tertiary/aromatic N) is 3. The maximum atomic E-state index is 8.43. The van der Waals surface area contributed by atoms with Crippen LogP contribution in [0.15, 0.2) is 131 Å². The summed E-state index contributed by atoms with van der Waals surface area (Å²) in [5.74, 6) is 0. The summed E-state index contributed by atoms with van der Waals surface area (Å²) in [7, 11) is 0. The molecule has 0 amide bonds. The summed E-state index contributed by atoms with van der Waals surface area (Å²) < 4.78 is 0. The first-order valence-electron chi connectivity index (χ1n) is 12.9. The van der Waals surface area contributed by atoms with Crippen LogP contribution < -0.4 is 11.2 Å². The van der Waals surface area contributed by atoms with Gasteiger partial charge >= 0.3 is 0 Å². The van der Waals surface area contributed by atoms with Crippen LogP contribution in [0, 0.1) is 5.41 Å². The van der Waals surface area contributed by atoms with Gasteiger partial charge < -0.3 is 5.73 Å². The van der Waals surface area contributed by atoms with E-state index in [-0.39, 0.29) is 0 Å². The van der Waals surface area contributed by atoms with Crippen molar-refractivity contribution in [3.05, 3.63) is 138 Å². The normalized spacial score (nSPS) is 13.9. The van der Waals surface area contributed by atoms with Crippen LogP contribution >= 0.6 is 0 Å². The van der Waals surface area contributed by atoms with Crippen molar-refractivity contribution in [2.75, 3.05) is 11.2 Å². The number of allylic oxidation sites excluding steroid dienone is 1. The quantitative estimate of drug-likeness (QED) is 0.0905. The third kappa shape index (κ3) is 5.33. The first kappa shape index (κ1) is 24.7. The van der Waals surface area contributed by atoms with Gasteiger partial charge in [0.2, 0.25) is 0 Å². The van der Waals surface area contributed by atoms with Gasteiger partial charge in [-0.2, -0.15) is 10.2 Å². The number of rotatable bonds is 6. The number of anilines is 2. The average molecular weight is 519 g/mol. The summed E-state index contributed by atoms with van der Waals surface area (Å²) in [6, 6.07) is 35.6. The van der Waals surface area contributed by atoms with E-state index in [1.165, 1.54) is 0 Å². The molecule has 0 bridgehead atoms. The molecule has 0 aliphatic heterocycles. The summed E-state index contributed by atoms with van der Waals surface area (Å²) in [5, 5.41) is 23.7. The van der Waals surface area contributed by atoms with Gasteiger partial charge in [-0.3, -0.25) is 10.8 Å². The molecule has 0 atom stereocenters. The van der Waals surface area contributed by atoms with Crippen molar-refractivity contribution in [2.24, 2.45) is 15.3 Å². The van der Waals surface area contributed by atoms with Crippen molar-refractivity contribution in [2.45, 2.75) is 0 Å². The summed E-state index contributed by atoms with van der Waals surface area (Å²) in [4.78, 5) is 0. The zero-order valence-electron chi connectivity index (χ0n) is 21.6. The number of hydrazone groups is 1. The Balaban J connectivity index is 1.07. The molecule has 0 aromatic heterocycles. The molecule has 0 unspecified atom stereocenters. The van der Waals surface area contributed by atoms with Gasteiger partial charge in [-0.05, 0) is 58.5 Å². The SMILES string of the molecule is N=C1C(=NNc2ccc(C=Cc3ccc(N=Nc4ccc5ccccc5c4N)cc3)cc2)C=Cc2ccccc21. The van der Waals surface area contributed by atoms with Gasteiger partial charge in [0.25, 0.3) is 0 Å². The van der Waals surface area contributed by atoms with E-state index in [1.54, 1.807) is 0 Å². The Morgan fingerprint density at radius 3 is 2.17 bits per heavy atom. The minimum absolute atomic E-state index is 0.412. The average Bonchev–Trinajstić information content (AvgIpc) is 3.01. The van der Waals surface area contributed by atoms with Crippen LogP contribution in [0.1, 0.15) is 22.3 Å². The molecule has 1 aliphatic carbocycles. The zero-order valence-corrected chi connectivity index (χ0v) is 21.6. The van der Waals surface area contributed by atoms with Crippen LogP contribution in [-0.2, 0) is 0 Å². The highest BCUT2D eigenvalue weighted by Crippen LogP contribution is 2.32. The number of hydrogen-bond acceptors (Lipinski definition) is 6. The Morgan fingerprint density at radius 2 is 1.38 bits per heavy atom. The van der Waals surface area contributed by atoms with Gasteiger partial charge in [-0.25, -0.2) is 0 Å². The number of hydrogen-bond donors (Lipinski definition) is 3. The molecule has 192 valence electrons. The second-order valence-corrected chi connectivity index (χ2v) is 9.37. The fraction of sp³-hybridized carbons (Fsp3) is 0. The molecule has 0 heterocycles. The molecule has 0 saturated carbocycles. The van der Waals surface area contributed by atoms with Crippen molar-refractivity contribution < 1.29 is 0 Å². The summed E-state index contributed by atoms with van der Waals surface area (Å²) in [5.41, 5.74) is 17.3. The molecule has 6 rings (SSSR count). The Labute approximate surface area is 232 Å². The molecular weight excluding hydrogens is 492 g/mol. The lowest BCUT2D eigenvalue weighted by atomic mass is 9.94. The standard InChI is InChI=1S/C34H26N6/c35-33-29-7-3-1-5-25(29)15-21-31(33)39-37-27-17-11-23(12-18-27)9-10-24-13-19-28(20-14-24)38-40-32-22-16-26-6-2-4-8-30(26)34(32)36/h1-22,35,37H,36H2. The summed E-state index contributed by atoms with van der Waals surface area (Å²) >= 11 is 0. The Kier molecular flexibility index (Phi) is 6.80. The van der Waals surface area contributed by atoms with Crippen molar-refractivity contribution in [1.29, 1.82) is 5.41 Å². The molecule has 0 spiro atoms. The highest BCUT2D eigenvalue weighted by Gasteiger charge is 2.15. The van der Waals surface area contributed by atoms with Gasteiger partial charge in [-0.15, -0.1) is 5.11 Å². The minimum atomic E-state index is 0.412. The van der Waals surface area contributed by atoms with E-state index in [1.807, 2.05) is 121 Å². The third-order valence-corrected chi connectivity index (χ3v) is 6.71. The monoisotopic (exact) mass is 518 g/mol. The molecule has 4 N–H and O–H groups in total. The number of nitrogen functional groups attached to an aromatic ring is 1. The van der Waals surface area contributed by atoms with E-state index in [0.717, 1.165) is 44.4 Å². The number of fused-ring (bicyclic) bond motifs is 2. The fourth-order valence-corrected chi connectivity index (χ4v) is 4.47. The van der Waals surface area contributed by atoms with Crippen LogP contribution in [0.5, 0.6) is 0 Å². The van der Waals surface area contributed by atoms with Crippen molar-refractivity contribution in [3.63, 3.8) is 0 Å². The van der Waals surface area contributed by atoms with Crippen molar-refractivity contribution in [3.8, 4) is 0 Å². The second kappa shape index (κ2) is 11.0. The Hall–Kier alpha value is -5.62. The molecule has 0 fully saturated rings. The lowest BCUT2D eigenvalue weighted by Gasteiger charge is -2.13. The first-order chi connectivity index (χ1) is 19.6. The van der Waals surface area contributed by atoms with Crippen LogP contribution in [-0.4, -0.2) is 11.4 Å². The molecule has 0 radical (unpaired) electrons. The molecular formula is C34H26N6. The predicted molar refractivity (Wildman–Crippen MR) is 168 cm³/mol. The Morgan fingerprint density at radius 1 is 0.675 bits per heavy atom. The topological polar surface area (TPSA) is 99.0 Å². The highest BCUT2D eigenvalue weighted by molar-refractivity contribution is 6.53. The van der Waals surface area contributed by atoms with E-state index in [4.69, 9.17) is 11.1 Å². The van der Waals surface area contributed by atoms with E-state index >= 15 is 0 Å².